The molecular weight excluding hydrogens is 481 g/mol. The number of rotatable bonds is 8. The summed E-state index contributed by atoms with van der Waals surface area (Å²) in [5, 5.41) is 4.19. The molecule has 6 nitrogen and oxygen atoms in total. The molecule has 2 amide bonds. The first-order chi connectivity index (χ1) is 17.4. The third-order valence-electron chi connectivity index (χ3n) is 7.13. The van der Waals surface area contributed by atoms with Crippen molar-refractivity contribution in [1.29, 1.82) is 0 Å². The fourth-order valence-corrected chi connectivity index (χ4v) is 5.50. The summed E-state index contributed by atoms with van der Waals surface area (Å²) in [4.78, 5) is 41.9. The first-order valence-electron chi connectivity index (χ1n) is 12.6. The summed E-state index contributed by atoms with van der Waals surface area (Å²) in [5.41, 5.74) is 1.31. The number of halogens is 2. The molecule has 2 fully saturated rings. The maximum atomic E-state index is 14.0. The number of amides is 2. The van der Waals surface area contributed by atoms with E-state index in [4.69, 9.17) is 11.6 Å². The summed E-state index contributed by atoms with van der Waals surface area (Å²) in [6, 6.07) is 11.1. The lowest BCUT2D eigenvalue weighted by Crippen LogP contribution is -2.37. The Labute approximate surface area is 214 Å². The van der Waals surface area contributed by atoms with E-state index in [1.165, 1.54) is 12.1 Å². The molecule has 0 spiro atoms. The Morgan fingerprint density at radius 2 is 1.97 bits per heavy atom. The molecule has 36 heavy (non-hydrogen) atoms. The highest BCUT2D eigenvalue weighted by Gasteiger charge is 2.35. The number of hydrogen-bond acceptors (Lipinski definition) is 3. The highest BCUT2D eigenvalue weighted by Crippen LogP contribution is 2.41. The minimum absolute atomic E-state index is 0.0127. The fourth-order valence-electron chi connectivity index (χ4n) is 5.24. The van der Waals surface area contributed by atoms with Crippen LogP contribution < -0.4 is 10.9 Å². The summed E-state index contributed by atoms with van der Waals surface area (Å²) in [6.45, 7) is 3.11. The lowest BCUT2D eigenvalue weighted by molar-refractivity contribution is -0.128. The Hall–Kier alpha value is -3.19. The van der Waals surface area contributed by atoms with Gasteiger partial charge < -0.3 is 14.8 Å². The maximum absolute atomic E-state index is 14.0. The number of fused-ring (bicyclic) bond motifs is 1. The molecule has 0 bridgehead atoms. The van der Waals surface area contributed by atoms with E-state index in [9.17, 15) is 18.8 Å². The Morgan fingerprint density at radius 3 is 2.64 bits per heavy atom. The van der Waals surface area contributed by atoms with Gasteiger partial charge in [0.1, 0.15) is 5.82 Å². The summed E-state index contributed by atoms with van der Waals surface area (Å²) in [5.74, 6) is -0.473. The molecule has 188 valence electrons. The van der Waals surface area contributed by atoms with Gasteiger partial charge in [-0.1, -0.05) is 42.8 Å². The molecule has 3 aromatic rings. The third kappa shape index (κ3) is 4.64. The molecule has 1 atom stereocenters. The number of likely N-dealkylation sites (tertiary alicyclic amines) is 1. The first-order valence-corrected chi connectivity index (χ1v) is 12.9. The van der Waals surface area contributed by atoms with Crippen molar-refractivity contribution in [3.63, 3.8) is 0 Å². The van der Waals surface area contributed by atoms with E-state index in [0.29, 0.717) is 53.5 Å². The minimum Gasteiger partial charge on any atom is -0.345 e. The molecule has 2 aliphatic rings. The molecule has 1 aromatic heterocycles. The van der Waals surface area contributed by atoms with Gasteiger partial charge in [-0.25, -0.2) is 4.39 Å². The molecule has 2 heterocycles. The monoisotopic (exact) mass is 509 g/mol. The predicted octanol–water partition coefficient (Wildman–Crippen LogP) is 5.21. The van der Waals surface area contributed by atoms with Crippen molar-refractivity contribution in [2.24, 2.45) is 5.92 Å². The lowest BCUT2D eigenvalue weighted by Gasteiger charge is -2.25. The highest BCUT2D eigenvalue weighted by molar-refractivity contribution is 6.36. The zero-order valence-corrected chi connectivity index (χ0v) is 21.0. The van der Waals surface area contributed by atoms with Gasteiger partial charge in [-0.15, -0.1) is 0 Å². The van der Waals surface area contributed by atoms with Crippen LogP contribution >= 0.6 is 11.6 Å². The van der Waals surface area contributed by atoms with Gasteiger partial charge in [0.2, 0.25) is 5.91 Å². The second kappa shape index (κ2) is 10.1. The van der Waals surface area contributed by atoms with Gasteiger partial charge in [-0.05, 0) is 55.4 Å². The Morgan fingerprint density at radius 1 is 1.19 bits per heavy atom. The zero-order chi connectivity index (χ0) is 25.4. The van der Waals surface area contributed by atoms with Crippen molar-refractivity contribution in [2.75, 3.05) is 6.54 Å². The summed E-state index contributed by atoms with van der Waals surface area (Å²) >= 11 is 6.49. The van der Waals surface area contributed by atoms with Gasteiger partial charge in [0.15, 0.2) is 0 Å². The van der Waals surface area contributed by atoms with Crippen LogP contribution in [0, 0.1) is 11.7 Å². The van der Waals surface area contributed by atoms with Crippen LogP contribution in [0.4, 0.5) is 4.39 Å². The molecule has 1 aliphatic heterocycles. The van der Waals surface area contributed by atoms with Crippen LogP contribution in [0.2, 0.25) is 5.02 Å². The van der Waals surface area contributed by atoms with Crippen LogP contribution in [-0.4, -0.2) is 27.8 Å². The number of carbonyl (C=O) groups excluding carboxylic acids is 2. The van der Waals surface area contributed by atoms with Gasteiger partial charge in [-0.2, -0.15) is 0 Å². The van der Waals surface area contributed by atoms with Crippen molar-refractivity contribution < 1.29 is 14.0 Å². The van der Waals surface area contributed by atoms with Gasteiger partial charge in [0.05, 0.1) is 34.3 Å². The van der Waals surface area contributed by atoms with Crippen molar-refractivity contribution in [2.45, 2.75) is 58.2 Å². The average molecular weight is 510 g/mol. The Kier molecular flexibility index (Phi) is 6.84. The molecule has 1 N–H and O–H groups in total. The van der Waals surface area contributed by atoms with E-state index < -0.39 is 0 Å². The van der Waals surface area contributed by atoms with Crippen molar-refractivity contribution in [3.05, 3.63) is 80.5 Å². The van der Waals surface area contributed by atoms with Gasteiger partial charge in [0, 0.05) is 24.9 Å². The molecule has 1 aliphatic carbocycles. The normalized spacial score (nSPS) is 16.5. The smallest absolute Gasteiger partial charge is 0.260 e. The van der Waals surface area contributed by atoms with Crippen LogP contribution in [0.1, 0.15) is 66.7 Å². The van der Waals surface area contributed by atoms with Gasteiger partial charge >= 0.3 is 0 Å². The second-order valence-electron chi connectivity index (χ2n) is 9.70. The highest BCUT2D eigenvalue weighted by atomic mass is 35.5. The third-order valence-corrected chi connectivity index (χ3v) is 7.45. The Bertz CT molecular complexity index is 1400. The number of benzene rings is 2. The van der Waals surface area contributed by atoms with E-state index in [-0.39, 0.29) is 46.7 Å². The summed E-state index contributed by atoms with van der Waals surface area (Å²) in [6.07, 6.45) is 3.77. The number of pyridine rings is 1. The second-order valence-corrected chi connectivity index (χ2v) is 10.1. The minimum atomic E-state index is -0.352. The van der Waals surface area contributed by atoms with E-state index in [2.05, 4.69) is 5.32 Å². The van der Waals surface area contributed by atoms with Crippen LogP contribution in [0.25, 0.3) is 10.8 Å². The molecule has 1 saturated carbocycles. The molecule has 0 radical (unpaired) electrons. The van der Waals surface area contributed by atoms with Crippen LogP contribution in [-0.2, 0) is 17.9 Å². The van der Waals surface area contributed by atoms with Gasteiger partial charge in [0.25, 0.3) is 11.5 Å². The number of nitrogens with one attached hydrogen (secondary N) is 1. The SMILES string of the molecule is CCCn1c(CN2CCCC2=O)c(C(=O)N[C@H](c2cccc(F)c2)C2CC2)c2cccc(Cl)c2c1=O. The van der Waals surface area contributed by atoms with Crippen molar-refractivity contribution >= 4 is 34.2 Å². The fraction of sp³-hybridized carbons (Fsp3) is 0.393. The van der Waals surface area contributed by atoms with Crippen molar-refractivity contribution in [1.82, 2.24) is 14.8 Å². The lowest BCUT2D eigenvalue weighted by atomic mass is 9.98. The number of aromatic nitrogens is 1. The van der Waals surface area contributed by atoms with Crippen LogP contribution in [0.3, 0.4) is 0 Å². The zero-order valence-electron chi connectivity index (χ0n) is 20.2. The summed E-state index contributed by atoms with van der Waals surface area (Å²) in [7, 11) is 0. The average Bonchev–Trinajstić information content (AvgIpc) is 3.61. The molecule has 0 unspecified atom stereocenters. The van der Waals surface area contributed by atoms with E-state index in [1.807, 2.05) is 13.0 Å². The number of nitrogens with zero attached hydrogens (tertiary/aromatic N) is 2. The molecule has 2 aromatic carbocycles. The van der Waals surface area contributed by atoms with Crippen LogP contribution in [0.15, 0.2) is 47.3 Å². The predicted molar refractivity (Wildman–Crippen MR) is 137 cm³/mol. The van der Waals surface area contributed by atoms with Gasteiger partial charge in [-0.3, -0.25) is 14.4 Å². The standard InChI is InChI=1S/C28H29ClFN3O3/c1-2-13-33-22(16-32-14-5-10-23(32)34)25(20-8-4-9-21(29)24(20)28(33)36)27(35)31-26(17-11-12-17)18-6-3-7-19(30)15-18/h3-4,6-9,15,17,26H,2,5,10-14,16H2,1H3,(H,31,35)/t26-/m0/s1. The quantitative estimate of drug-likeness (QED) is 0.453. The molecular formula is C28H29ClFN3O3. The first kappa shape index (κ1) is 24.5. The molecule has 8 heteroatoms. The Balaban J connectivity index is 1.67. The molecule has 1 saturated heterocycles. The number of hydrogen-bond donors (Lipinski definition) is 1. The largest absolute Gasteiger partial charge is 0.345 e. The van der Waals surface area contributed by atoms with Crippen LogP contribution in [0.5, 0.6) is 0 Å². The van der Waals surface area contributed by atoms with E-state index >= 15 is 0 Å². The van der Waals surface area contributed by atoms with E-state index in [1.54, 1.807) is 33.7 Å². The maximum Gasteiger partial charge on any atom is 0.260 e. The van der Waals surface area contributed by atoms with E-state index in [0.717, 1.165) is 19.3 Å². The van der Waals surface area contributed by atoms with Crippen molar-refractivity contribution in [3.8, 4) is 0 Å². The summed E-state index contributed by atoms with van der Waals surface area (Å²) < 4.78 is 15.6. The molecule has 5 rings (SSSR count). The topological polar surface area (TPSA) is 71.4 Å². The number of carbonyl (C=O) groups is 2.